The highest BCUT2D eigenvalue weighted by Gasteiger charge is 2.22. The molecule has 0 unspecified atom stereocenters. The van der Waals surface area contributed by atoms with Gasteiger partial charge < -0.3 is 0 Å². The topological polar surface area (TPSA) is 40.6 Å². The first kappa shape index (κ1) is 41.3. The molecule has 0 spiro atoms. The molecule has 5 nitrogen and oxygen atoms in total. The molecule has 0 saturated heterocycles. The molecule has 1 aliphatic carbocycles. The van der Waals surface area contributed by atoms with Crippen LogP contribution in [0.1, 0.15) is 12.5 Å². The van der Waals surface area contributed by atoms with Gasteiger partial charge in [-0.1, -0.05) is 162 Å². The smallest absolute Gasteiger partial charge is 0.220 e. The number of hydrogen-bond donors (Lipinski definition) is 0. The Balaban J connectivity index is 0.000000129. The van der Waals surface area contributed by atoms with Crippen LogP contribution in [0.15, 0.2) is 182 Å². The van der Waals surface area contributed by atoms with Crippen molar-refractivity contribution in [3.63, 3.8) is 0 Å². The lowest BCUT2D eigenvalue weighted by Gasteiger charge is -2.13. The average Bonchev–Trinajstić information content (AvgIpc) is 4.07. The van der Waals surface area contributed by atoms with Crippen LogP contribution >= 0.6 is 69.0 Å². The second kappa shape index (κ2) is 18.6. The number of benzene rings is 8. The van der Waals surface area contributed by atoms with Crippen molar-refractivity contribution < 1.29 is 5.76 Å². The van der Waals surface area contributed by atoms with Gasteiger partial charge in [-0.15, -0.1) is 0 Å². The third-order valence-corrected chi connectivity index (χ3v) is 12.9. The highest BCUT2D eigenvalue weighted by molar-refractivity contribution is 14.1. The zero-order valence-electron chi connectivity index (χ0n) is 34.2. The highest BCUT2D eigenvalue weighted by atomic mass is 127. The minimum absolute atomic E-state index is 0.661. The van der Waals surface area contributed by atoms with Gasteiger partial charge in [-0.05, 0) is 89.0 Å². The summed E-state index contributed by atoms with van der Waals surface area (Å²) in [7, 11) is -1.00. The Labute approximate surface area is 398 Å². The molecular weight excluding hydrogens is 982 g/mol. The number of imidazole rings is 2. The van der Waals surface area contributed by atoms with Crippen molar-refractivity contribution in [3.05, 3.63) is 217 Å². The van der Waals surface area contributed by atoms with E-state index in [2.05, 4.69) is 95.9 Å². The van der Waals surface area contributed by atoms with Crippen molar-refractivity contribution in [2.45, 2.75) is 6.42 Å². The summed E-state index contributed by atoms with van der Waals surface area (Å²) in [6.07, 6.45) is 0.977. The van der Waals surface area contributed by atoms with Gasteiger partial charge in [0.25, 0.3) is 0 Å². The van der Waals surface area contributed by atoms with Crippen LogP contribution in [0.5, 0.6) is 0 Å². The van der Waals surface area contributed by atoms with Crippen LogP contribution in [0, 0.1) is 3.83 Å². The molecule has 0 radical (unpaired) electrons. The van der Waals surface area contributed by atoms with Crippen LogP contribution in [0.25, 0.3) is 72.3 Å². The zero-order valence-corrected chi connectivity index (χ0v) is 38.4. The van der Waals surface area contributed by atoms with Gasteiger partial charge in [0.2, 0.25) is 5.95 Å². The SMILES string of the molecule is Clc1cccc2c1Cc1ccccc1-2.Clc1ccccc1-n1c(-n2c3ccccc3c3cccc(Cl)c32)nc2ccccc21.Clc1ccccc1-n1c(I)nc2ccccc21.[2H]CF. The molecule has 0 atom stereocenters. The Hall–Kier alpha value is -5.68. The summed E-state index contributed by atoms with van der Waals surface area (Å²) in [5.74, 6) is 0.753. The summed E-state index contributed by atoms with van der Waals surface area (Å²) in [5, 5.41) is 5.19. The van der Waals surface area contributed by atoms with Crippen LogP contribution in [-0.2, 0) is 6.42 Å². The molecule has 1 aliphatic rings. The molecule has 11 heteroatoms. The van der Waals surface area contributed by atoms with E-state index in [4.69, 9.17) is 52.8 Å². The van der Waals surface area contributed by atoms with Crippen molar-refractivity contribution in [1.82, 2.24) is 23.7 Å². The van der Waals surface area contributed by atoms with E-state index in [0.29, 0.717) is 10.0 Å². The maximum absolute atomic E-state index is 9.96. The van der Waals surface area contributed by atoms with Gasteiger partial charge >= 0.3 is 0 Å². The van der Waals surface area contributed by atoms with E-state index < -0.39 is 7.15 Å². The number of hydrogen-bond acceptors (Lipinski definition) is 2. The fourth-order valence-electron chi connectivity index (χ4n) is 8.20. The first-order chi connectivity index (χ1) is 31.3. The van der Waals surface area contributed by atoms with Crippen molar-refractivity contribution in [1.29, 1.82) is 0 Å². The maximum atomic E-state index is 9.96. The fraction of sp³-hybridized carbons (Fsp3) is 0.0385. The summed E-state index contributed by atoms with van der Waals surface area (Å²) in [6.45, 7) is 0. The number of aromatic nitrogens is 5. The molecule has 0 aliphatic heterocycles. The maximum Gasteiger partial charge on any atom is 0.220 e. The van der Waals surface area contributed by atoms with E-state index in [1.807, 2.05) is 127 Å². The monoisotopic (exact) mass is 1020 g/mol. The predicted molar refractivity (Wildman–Crippen MR) is 271 cm³/mol. The lowest BCUT2D eigenvalue weighted by atomic mass is 10.1. The molecule has 0 bridgehead atoms. The van der Waals surface area contributed by atoms with Crippen molar-refractivity contribution in [2.75, 3.05) is 7.15 Å². The zero-order chi connectivity index (χ0) is 44.3. The van der Waals surface area contributed by atoms with E-state index >= 15 is 0 Å². The lowest BCUT2D eigenvalue weighted by Crippen LogP contribution is -2.06. The third kappa shape index (κ3) is 7.98. The second-order valence-corrected chi connectivity index (χ2v) is 17.0. The number of halogens is 6. The highest BCUT2D eigenvalue weighted by Crippen LogP contribution is 2.40. The molecule has 63 heavy (non-hydrogen) atoms. The third-order valence-electron chi connectivity index (χ3n) is 10.9. The van der Waals surface area contributed by atoms with E-state index in [1.165, 1.54) is 22.3 Å². The van der Waals surface area contributed by atoms with Crippen LogP contribution in [-0.4, -0.2) is 30.8 Å². The number of nitrogens with zero attached hydrogens (tertiary/aromatic N) is 5. The molecule has 3 aromatic heterocycles. The van der Waals surface area contributed by atoms with Crippen LogP contribution in [0.3, 0.4) is 0 Å². The first-order valence-corrected chi connectivity index (χ1v) is 22.4. The van der Waals surface area contributed by atoms with Gasteiger partial charge in [0.05, 0.1) is 68.1 Å². The van der Waals surface area contributed by atoms with Gasteiger partial charge in [-0.2, -0.15) is 0 Å². The minimum Gasteiger partial charge on any atom is -0.286 e. The Morgan fingerprint density at radius 2 is 0.984 bits per heavy atom. The van der Waals surface area contributed by atoms with Crippen LogP contribution < -0.4 is 0 Å². The standard InChI is InChI=1S/C25H15Cl2N3.C13H8ClIN2.C13H9Cl.CH3F/c26-18-10-2-5-14-22(18)29-23-15-6-3-12-20(23)28-25(29)30-21-13-4-1-8-16(21)17-9-7-11-19(27)24(17)30;14-9-5-1-3-7-11(9)17-12-8-4-2-6-10(12)16-13(17)15;14-13-7-3-6-11-10-5-2-1-4-9(10)8-12(11)13;1-2/h1-15H;1-8H;1-7H,8H2;1H3/i;;;1D. The van der Waals surface area contributed by atoms with Crippen molar-refractivity contribution >= 4 is 113 Å². The summed E-state index contributed by atoms with van der Waals surface area (Å²) in [6, 6.07) is 60.7. The van der Waals surface area contributed by atoms with E-state index in [9.17, 15) is 4.39 Å². The van der Waals surface area contributed by atoms with E-state index in [0.717, 1.165) is 81.5 Å². The van der Waals surface area contributed by atoms with Gasteiger partial charge in [0.15, 0.2) is 3.83 Å². The van der Waals surface area contributed by atoms with Gasteiger partial charge in [-0.25, -0.2) is 9.97 Å². The minimum atomic E-state index is -1.00. The molecule has 0 saturated carbocycles. The number of alkyl halides is 1. The summed E-state index contributed by atoms with van der Waals surface area (Å²) >= 11 is 28.0. The average molecular weight is 1020 g/mol. The normalized spacial score (nSPS) is 11.6. The van der Waals surface area contributed by atoms with Crippen molar-refractivity contribution in [2.24, 2.45) is 0 Å². The number of para-hydroxylation sites is 8. The quantitative estimate of drug-likeness (QED) is 0.166. The van der Waals surface area contributed by atoms with Gasteiger partial charge in [-0.3, -0.25) is 18.1 Å². The van der Waals surface area contributed by atoms with E-state index in [1.54, 1.807) is 0 Å². The largest absolute Gasteiger partial charge is 0.286 e. The second-order valence-electron chi connectivity index (χ2n) is 14.4. The fourth-order valence-corrected chi connectivity index (χ4v) is 9.92. The Morgan fingerprint density at radius 1 is 0.492 bits per heavy atom. The Kier molecular flexibility index (Phi) is 12.2. The molecule has 0 amide bonds. The number of fused-ring (bicyclic) bond motifs is 8. The molecule has 3 heterocycles. The van der Waals surface area contributed by atoms with Gasteiger partial charge in [0.1, 0.15) is 0 Å². The summed E-state index contributed by atoms with van der Waals surface area (Å²) in [4.78, 5) is 9.54. The number of rotatable bonds is 3. The molecule has 0 fully saturated rings. The Bertz CT molecular complexity index is 3470. The molecular formula is C52H35Cl4FIN5. The van der Waals surface area contributed by atoms with E-state index in [-0.39, 0.29) is 0 Å². The first-order valence-electron chi connectivity index (χ1n) is 20.5. The van der Waals surface area contributed by atoms with Crippen LogP contribution in [0.2, 0.25) is 20.1 Å². The lowest BCUT2D eigenvalue weighted by molar-refractivity contribution is 0.636. The molecule has 11 aromatic rings. The molecule has 310 valence electrons. The van der Waals surface area contributed by atoms with Crippen LogP contribution in [0.4, 0.5) is 4.39 Å². The predicted octanol–water partition coefficient (Wildman–Crippen LogP) is 16.2. The molecule has 8 aromatic carbocycles. The molecule has 0 N–H and O–H groups in total. The summed E-state index contributed by atoms with van der Waals surface area (Å²) < 4.78 is 22.7. The summed E-state index contributed by atoms with van der Waals surface area (Å²) in [5.41, 5.74) is 13.1. The van der Waals surface area contributed by atoms with Crippen molar-refractivity contribution in [3.8, 4) is 28.5 Å². The molecule has 12 rings (SSSR count). The van der Waals surface area contributed by atoms with Gasteiger partial charge in [0, 0.05) is 44.8 Å². The Morgan fingerprint density at radius 3 is 1.70 bits per heavy atom.